The van der Waals surface area contributed by atoms with Crippen LogP contribution in [0.1, 0.15) is 29.4 Å². The van der Waals surface area contributed by atoms with Crippen LogP contribution in [0, 0.1) is 6.92 Å². The fourth-order valence-electron chi connectivity index (χ4n) is 3.69. The number of halogens is 1. The first-order valence-corrected chi connectivity index (χ1v) is 11.6. The number of hydrogen-bond acceptors (Lipinski definition) is 7. The predicted octanol–water partition coefficient (Wildman–Crippen LogP) is 5.74. The van der Waals surface area contributed by atoms with Crippen LogP contribution in [0.4, 0.5) is 11.6 Å². The number of nitrogens with zero attached hydrogens (tertiary/aromatic N) is 3. The third-order valence-electron chi connectivity index (χ3n) is 5.27. The molecule has 0 unspecified atom stereocenters. The molecule has 2 heterocycles. The van der Waals surface area contributed by atoms with Crippen molar-refractivity contribution in [2.45, 2.75) is 20.3 Å². The Morgan fingerprint density at radius 1 is 1.03 bits per heavy atom. The van der Waals surface area contributed by atoms with E-state index in [2.05, 4.69) is 25.6 Å². The number of benzene rings is 2. The van der Waals surface area contributed by atoms with Crippen LogP contribution in [0.15, 0.2) is 60.8 Å². The molecule has 0 amide bonds. The summed E-state index contributed by atoms with van der Waals surface area (Å²) in [6.07, 6.45) is 2.60. The lowest BCUT2D eigenvalue weighted by Gasteiger charge is -2.14. The van der Waals surface area contributed by atoms with Crippen LogP contribution in [-0.4, -0.2) is 40.6 Å². The number of carbonyl (C=O) groups excluding carboxylic acids is 1. The Balaban J connectivity index is 1.43. The van der Waals surface area contributed by atoms with E-state index >= 15 is 0 Å². The number of aromatic nitrogens is 3. The zero-order chi connectivity index (χ0) is 23.9. The molecule has 0 bridgehead atoms. The number of pyridine rings is 1. The fraction of sp³-hybridized carbons (Fsp3) is 0.231. The summed E-state index contributed by atoms with van der Waals surface area (Å²) in [6, 6.07) is 17.2. The van der Waals surface area contributed by atoms with Crippen LogP contribution < -0.4 is 10.6 Å². The molecule has 0 saturated heterocycles. The van der Waals surface area contributed by atoms with Gasteiger partial charge in [-0.25, -0.2) is 14.8 Å². The number of ether oxygens (including phenoxy) is 1. The second-order valence-corrected chi connectivity index (χ2v) is 8.11. The van der Waals surface area contributed by atoms with Gasteiger partial charge < -0.3 is 15.4 Å². The maximum Gasteiger partial charge on any atom is 0.342 e. The first-order chi connectivity index (χ1) is 16.6. The molecule has 0 radical (unpaired) electrons. The zero-order valence-corrected chi connectivity index (χ0v) is 19.9. The summed E-state index contributed by atoms with van der Waals surface area (Å²) in [4.78, 5) is 26.1. The Morgan fingerprint density at radius 3 is 2.62 bits per heavy atom. The molecule has 4 aromatic rings. The molecule has 0 aliphatic carbocycles. The summed E-state index contributed by atoms with van der Waals surface area (Å²) in [7, 11) is 0. The van der Waals surface area contributed by atoms with Crippen molar-refractivity contribution in [2.24, 2.45) is 0 Å². The maximum absolute atomic E-state index is 12.6. The Labute approximate surface area is 203 Å². The minimum absolute atomic E-state index is 0.291. The monoisotopic (exact) mass is 475 g/mol. The van der Waals surface area contributed by atoms with Gasteiger partial charge in [0.1, 0.15) is 5.56 Å². The largest absolute Gasteiger partial charge is 0.462 e. The van der Waals surface area contributed by atoms with Crippen LogP contribution >= 0.6 is 11.6 Å². The molecular formula is C26H26ClN5O2. The highest BCUT2D eigenvalue weighted by Gasteiger charge is 2.21. The molecule has 2 N–H and O–H groups in total. The van der Waals surface area contributed by atoms with Gasteiger partial charge in [0.2, 0.25) is 5.95 Å². The van der Waals surface area contributed by atoms with E-state index in [-0.39, 0.29) is 0 Å². The van der Waals surface area contributed by atoms with Crippen molar-refractivity contribution in [3.63, 3.8) is 0 Å². The standard InChI is InChI=1S/C26H26ClN5O2/c1-3-34-25(33)23-17(2)31-26(32-24(23)18-8-5-4-6-9-18)30-14-7-13-28-21-12-15-29-22-16-19(27)10-11-20(21)22/h4-6,8-12,15-16H,3,7,13-14H2,1-2H3,(H,28,29)(H,30,31,32). The third kappa shape index (κ3) is 5.43. The quantitative estimate of drug-likeness (QED) is 0.235. The lowest BCUT2D eigenvalue weighted by molar-refractivity contribution is 0.0525. The summed E-state index contributed by atoms with van der Waals surface area (Å²) in [5.74, 6) is 0.0638. The van der Waals surface area contributed by atoms with Gasteiger partial charge in [-0.15, -0.1) is 0 Å². The van der Waals surface area contributed by atoms with Gasteiger partial charge in [-0.05, 0) is 44.5 Å². The molecule has 0 atom stereocenters. The second kappa shape index (κ2) is 10.9. The van der Waals surface area contributed by atoms with Crippen LogP contribution in [0.5, 0.6) is 0 Å². The minimum Gasteiger partial charge on any atom is -0.462 e. The van der Waals surface area contributed by atoms with Crippen molar-refractivity contribution in [3.05, 3.63) is 77.1 Å². The average Bonchev–Trinajstić information content (AvgIpc) is 2.84. The molecule has 174 valence electrons. The molecule has 0 aliphatic heterocycles. The first kappa shape index (κ1) is 23.4. The van der Waals surface area contributed by atoms with E-state index in [0.29, 0.717) is 41.1 Å². The number of fused-ring (bicyclic) bond motifs is 1. The highest BCUT2D eigenvalue weighted by atomic mass is 35.5. The summed E-state index contributed by atoms with van der Waals surface area (Å²) < 4.78 is 5.24. The molecule has 7 nitrogen and oxygen atoms in total. The molecule has 0 aliphatic rings. The highest BCUT2D eigenvalue weighted by molar-refractivity contribution is 6.31. The Morgan fingerprint density at radius 2 is 1.82 bits per heavy atom. The lowest BCUT2D eigenvalue weighted by Crippen LogP contribution is -2.15. The van der Waals surface area contributed by atoms with Gasteiger partial charge in [-0.2, -0.15) is 0 Å². The topological polar surface area (TPSA) is 89.0 Å². The number of anilines is 2. The summed E-state index contributed by atoms with van der Waals surface area (Å²) in [5.41, 5.74) is 4.24. The van der Waals surface area contributed by atoms with E-state index in [4.69, 9.17) is 16.3 Å². The summed E-state index contributed by atoms with van der Waals surface area (Å²) in [5, 5.41) is 8.43. The van der Waals surface area contributed by atoms with E-state index < -0.39 is 5.97 Å². The van der Waals surface area contributed by atoms with E-state index in [1.165, 1.54) is 0 Å². The SMILES string of the molecule is CCOC(=O)c1c(C)nc(NCCCNc2ccnc3cc(Cl)ccc23)nc1-c1ccccc1. The summed E-state index contributed by atoms with van der Waals surface area (Å²) >= 11 is 6.07. The normalized spacial score (nSPS) is 10.8. The first-order valence-electron chi connectivity index (χ1n) is 11.2. The maximum atomic E-state index is 12.6. The molecule has 2 aromatic carbocycles. The van der Waals surface area contributed by atoms with Crippen molar-refractivity contribution in [3.8, 4) is 11.3 Å². The van der Waals surface area contributed by atoms with Crippen molar-refractivity contribution in [1.29, 1.82) is 0 Å². The third-order valence-corrected chi connectivity index (χ3v) is 5.51. The Kier molecular flexibility index (Phi) is 7.54. The number of aryl methyl sites for hydroxylation is 1. The fourth-order valence-corrected chi connectivity index (χ4v) is 3.86. The van der Waals surface area contributed by atoms with Gasteiger partial charge in [-0.3, -0.25) is 4.98 Å². The smallest absolute Gasteiger partial charge is 0.342 e. The highest BCUT2D eigenvalue weighted by Crippen LogP contribution is 2.26. The van der Waals surface area contributed by atoms with Gasteiger partial charge in [0.15, 0.2) is 0 Å². The molecule has 0 spiro atoms. The Bertz CT molecular complexity index is 1300. The molecule has 34 heavy (non-hydrogen) atoms. The minimum atomic E-state index is -0.416. The molecule has 0 saturated carbocycles. The molecule has 8 heteroatoms. The van der Waals surface area contributed by atoms with Crippen molar-refractivity contribution >= 4 is 40.1 Å². The van der Waals surface area contributed by atoms with Crippen molar-refractivity contribution in [1.82, 2.24) is 15.0 Å². The summed E-state index contributed by atoms with van der Waals surface area (Å²) in [6.45, 7) is 5.28. The Hall–Kier alpha value is -3.71. The van der Waals surface area contributed by atoms with Gasteiger partial charge in [0.25, 0.3) is 0 Å². The second-order valence-electron chi connectivity index (χ2n) is 7.67. The van der Waals surface area contributed by atoms with Crippen molar-refractivity contribution in [2.75, 3.05) is 30.3 Å². The van der Waals surface area contributed by atoms with E-state index in [1.54, 1.807) is 20.0 Å². The lowest BCUT2D eigenvalue weighted by atomic mass is 10.0. The molecule has 0 fully saturated rings. The van der Waals surface area contributed by atoms with Crippen LogP contribution in [-0.2, 0) is 4.74 Å². The molecular weight excluding hydrogens is 450 g/mol. The molecule has 4 rings (SSSR count). The predicted molar refractivity (Wildman–Crippen MR) is 137 cm³/mol. The van der Waals surface area contributed by atoms with Crippen LogP contribution in [0.2, 0.25) is 5.02 Å². The van der Waals surface area contributed by atoms with E-state index in [9.17, 15) is 4.79 Å². The number of esters is 1. The van der Waals surface area contributed by atoms with Gasteiger partial charge in [-0.1, -0.05) is 41.9 Å². The average molecular weight is 476 g/mol. The number of hydrogen-bond donors (Lipinski definition) is 2. The number of carbonyl (C=O) groups is 1. The van der Waals surface area contributed by atoms with Gasteiger partial charge in [0, 0.05) is 40.9 Å². The van der Waals surface area contributed by atoms with Crippen molar-refractivity contribution < 1.29 is 9.53 Å². The van der Waals surface area contributed by atoms with Crippen LogP contribution in [0.25, 0.3) is 22.2 Å². The zero-order valence-electron chi connectivity index (χ0n) is 19.1. The molecule has 2 aromatic heterocycles. The van der Waals surface area contributed by atoms with E-state index in [0.717, 1.165) is 35.1 Å². The number of nitrogens with one attached hydrogen (secondary N) is 2. The van der Waals surface area contributed by atoms with Crippen LogP contribution in [0.3, 0.4) is 0 Å². The van der Waals surface area contributed by atoms with Gasteiger partial charge in [0.05, 0.1) is 23.5 Å². The number of rotatable bonds is 9. The van der Waals surface area contributed by atoms with Gasteiger partial charge >= 0.3 is 5.97 Å². The van der Waals surface area contributed by atoms with E-state index in [1.807, 2.05) is 54.6 Å².